The third-order valence-electron chi connectivity index (χ3n) is 2.03. The average molecular weight is 283 g/mol. The minimum atomic E-state index is -3.09. The van der Waals surface area contributed by atoms with Gasteiger partial charge in [0.1, 0.15) is 0 Å². The molecule has 4 nitrogen and oxygen atoms in total. The van der Waals surface area contributed by atoms with Crippen LogP contribution in [-0.2, 0) is 10.0 Å². The molecule has 0 radical (unpaired) electrons. The van der Waals surface area contributed by atoms with E-state index in [0.717, 1.165) is 16.2 Å². The Morgan fingerprint density at radius 3 is 2.69 bits per heavy atom. The molecule has 0 amide bonds. The fourth-order valence-corrected chi connectivity index (χ4v) is 2.65. The highest BCUT2D eigenvalue weighted by Gasteiger charge is 2.07. The second kappa shape index (κ2) is 5.97. The predicted molar refractivity (Wildman–Crippen MR) is 68.6 cm³/mol. The van der Waals surface area contributed by atoms with E-state index in [1.165, 1.54) is 11.3 Å². The Morgan fingerprint density at radius 2 is 2.19 bits per heavy atom. The van der Waals surface area contributed by atoms with Crippen molar-refractivity contribution in [2.24, 2.45) is 0 Å². The van der Waals surface area contributed by atoms with Crippen molar-refractivity contribution in [1.82, 2.24) is 10.0 Å². The molecule has 1 heterocycles. The summed E-state index contributed by atoms with van der Waals surface area (Å²) in [7, 11) is -3.09. The van der Waals surface area contributed by atoms with Crippen LogP contribution < -0.4 is 10.0 Å². The van der Waals surface area contributed by atoms with Gasteiger partial charge in [-0.15, -0.1) is 11.3 Å². The minimum Gasteiger partial charge on any atom is -0.309 e. The van der Waals surface area contributed by atoms with E-state index in [0.29, 0.717) is 13.1 Å². The number of hydrogen-bond acceptors (Lipinski definition) is 4. The predicted octanol–water partition coefficient (Wildman–Crippen LogP) is 1.60. The molecule has 1 rings (SSSR count). The fourth-order valence-electron chi connectivity index (χ4n) is 1.19. The van der Waals surface area contributed by atoms with Gasteiger partial charge >= 0.3 is 0 Å². The van der Waals surface area contributed by atoms with Gasteiger partial charge in [-0.2, -0.15) is 0 Å². The zero-order chi connectivity index (χ0) is 12.2. The molecule has 2 N–H and O–H groups in total. The van der Waals surface area contributed by atoms with Crippen LogP contribution in [0.5, 0.6) is 0 Å². The van der Waals surface area contributed by atoms with E-state index in [9.17, 15) is 8.42 Å². The number of rotatable bonds is 6. The molecule has 1 aromatic rings. The highest BCUT2D eigenvalue weighted by Crippen LogP contribution is 2.24. The van der Waals surface area contributed by atoms with E-state index in [-0.39, 0.29) is 6.04 Å². The summed E-state index contributed by atoms with van der Waals surface area (Å²) in [6.07, 6.45) is 1.15. The zero-order valence-electron chi connectivity index (χ0n) is 9.16. The summed E-state index contributed by atoms with van der Waals surface area (Å²) in [6.45, 7) is 2.99. The van der Waals surface area contributed by atoms with Crippen LogP contribution in [0.3, 0.4) is 0 Å². The number of nitrogens with one attached hydrogen (secondary N) is 2. The monoisotopic (exact) mass is 282 g/mol. The van der Waals surface area contributed by atoms with Crippen LogP contribution in [0.25, 0.3) is 0 Å². The van der Waals surface area contributed by atoms with Crippen LogP contribution in [0.2, 0.25) is 4.34 Å². The number of hydrogen-bond donors (Lipinski definition) is 2. The first-order valence-electron chi connectivity index (χ1n) is 4.80. The summed E-state index contributed by atoms with van der Waals surface area (Å²) >= 11 is 7.31. The quantitative estimate of drug-likeness (QED) is 0.779. The summed E-state index contributed by atoms with van der Waals surface area (Å²) in [4.78, 5) is 0. The molecule has 7 heteroatoms. The maximum absolute atomic E-state index is 10.8. The maximum atomic E-state index is 10.8. The average Bonchev–Trinajstić information content (AvgIpc) is 2.57. The Morgan fingerprint density at radius 1 is 1.50 bits per heavy atom. The largest absolute Gasteiger partial charge is 0.309 e. The van der Waals surface area contributed by atoms with Gasteiger partial charge in [-0.1, -0.05) is 11.6 Å². The van der Waals surface area contributed by atoms with Crippen LogP contribution in [0.1, 0.15) is 18.5 Å². The molecule has 1 unspecified atom stereocenters. The second-order valence-electron chi connectivity index (χ2n) is 3.53. The van der Waals surface area contributed by atoms with Crippen molar-refractivity contribution in [3.8, 4) is 0 Å². The van der Waals surface area contributed by atoms with Crippen molar-refractivity contribution in [2.75, 3.05) is 19.3 Å². The van der Waals surface area contributed by atoms with Crippen molar-refractivity contribution in [1.29, 1.82) is 0 Å². The lowest BCUT2D eigenvalue weighted by Gasteiger charge is -2.12. The molecule has 0 spiro atoms. The maximum Gasteiger partial charge on any atom is 0.208 e. The Balaban J connectivity index is 2.28. The van der Waals surface area contributed by atoms with Gasteiger partial charge < -0.3 is 5.32 Å². The molecule has 0 aliphatic rings. The minimum absolute atomic E-state index is 0.171. The van der Waals surface area contributed by atoms with Crippen LogP contribution in [0.15, 0.2) is 11.4 Å². The molecule has 0 aliphatic heterocycles. The van der Waals surface area contributed by atoms with Crippen molar-refractivity contribution in [3.63, 3.8) is 0 Å². The van der Waals surface area contributed by atoms with Crippen LogP contribution in [0, 0.1) is 0 Å². The lowest BCUT2D eigenvalue weighted by Crippen LogP contribution is -2.32. The fraction of sp³-hybridized carbons (Fsp3) is 0.556. The molecule has 0 saturated heterocycles. The molecule has 0 saturated carbocycles. The van der Waals surface area contributed by atoms with Gasteiger partial charge in [-0.3, -0.25) is 0 Å². The Labute approximate surface area is 105 Å². The SMILES string of the molecule is CC(NCCNS(C)(=O)=O)c1csc(Cl)c1. The molecule has 0 aliphatic carbocycles. The first kappa shape index (κ1) is 13.9. The van der Waals surface area contributed by atoms with Gasteiger partial charge in [-0.05, 0) is 23.9 Å². The molecule has 16 heavy (non-hydrogen) atoms. The standard InChI is InChI=1S/C9H15ClN2O2S2/c1-7(8-5-9(10)15-6-8)11-3-4-12-16(2,13)14/h5-7,11-12H,3-4H2,1-2H3. The Kier molecular flexibility index (Phi) is 5.20. The highest BCUT2D eigenvalue weighted by atomic mass is 35.5. The summed E-state index contributed by atoms with van der Waals surface area (Å²) in [6, 6.07) is 2.08. The van der Waals surface area contributed by atoms with E-state index in [4.69, 9.17) is 11.6 Å². The van der Waals surface area contributed by atoms with Gasteiger partial charge in [0.2, 0.25) is 10.0 Å². The lowest BCUT2D eigenvalue weighted by atomic mass is 10.2. The van der Waals surface area contributed by atoms with E-state index >= 15 is 0 Å². The Bertz CT molecular complexity index is 430. The van der Waals surface area contributed by atoms with E-state index in [1.54, 1.807) is 0 Å². The van der Waals surface area contributed by atoms with Gasteiger partial charge in [0.05, 0.1) is 10.6 Å². The van der Waals surface area contributed by atoms with Gasteiger partial charge in [0, 0.05) is 19.1 Å². The summed E-state index contributed by atoms with van der Waals surface area (Å²) < 4.78 is 24.8. The number of thiophene rings is 1. The molecule has 0 bridgehead atoms. The van der Waals surface area contributed by atoms with E-state index in [1.807, 2.05) is 18.4 Å². The molecule has 1 atom stereocenters. The van der Waals surface area contributed by atoms with Gasteiger partial charge in [0.25, 0.3) is 0 Å². The molecule has 0 aromatic carbocycles. The van der Waals surface area contributed by atoms with Crippen LogP contribution in [0.4, 0.5) is 0 Å². The number of halogens is 1. The summed E-state index contributed by atoms with van der Waals surface area (Å²) in [5, 5.41) is 5.20. The topological polar surface area (TPSA) is 58.2 Å². The van der Waals surface area contributed by atoms with Crippen molar-refractivity contribution in [2.45, 2.75) is 13.0 Å². The zero-order valence-corrected chi connectivity index (χ0v) is 11.5. The van der Waals surface area contributed by atoms with E-state index < -0.39 is 10.0 Å². The summed E-state index contributed by atoms with van der Waals surface area (Å²) in [5.74, 6) is 0. The normalized spacial score (nSPS) is 13.9. The van der Waals surface area contributed by atoms with Gasteiger partial charge in [0.15, 0.2) is 0 Å². The second-order valence-corrected chi connectivity index (χ2v) is 6.90. The van der Waals surface area contributed by atoms with Crippen molar-refractivity contribution < 1.29 is 8.42 Å². The van der Waals surface area contributed by atoms with Crippen LogP contribution >= 0.6 is 22.9 Å². The molecular formula is C9H15ClN2O2S2. The Hall–Kier alpha value is -0.140. The van der Waals surface area contributed by atoms with Crippen LogP contribution in [-0.4, -0.2) is 27.8 Å². The van der Waals surface area contributed by atoms with Crippen molar-refractivity contribution >= 4 is 33.0 Å². The summed E-state index contributed by atoms with van der Waals surface area (Å²) in [5.41, 5.74) is 1.12. The molecule has 1 aromatic heterocycles. The first-order chi connectivity index (χ1) is 7.38. The molecule has 0 fully saturated rings. The third-order valence-corrected chi connectivity index (χ3v) is 3.87. The number of sulfonamides is 1. The highest BCUT2D eigenvalue weighted by molar-refractivity contribution is 7.88. The van der Waals surface area contributed by atoms with Gasteiger partial charge in [-0.25, -0.2) is 13.1 Å². The smallest absolute Gasteiger partial charge is 0.208 e. The van der Waals surface area contributed by atoms with Crippen molar-refractivity contribution in [3.05, 3.63) is 21.3 Å². The first-order valence-corrected chi connectivity index (χ1v) is 7.95. The molecular weight excluding hydrogens is 268 g/mol. The van der Waals surface area contributed by atoms with E-state index in [2.05, 4.69) is 10.0 Å². The third kappa shape index (κ3) is 5.27. The lowest BCUT2D eigenvalue weighted by molar-refractivity contribution is 0.557. The molecule has 92 valence electrons.